The van der Waals surface area contributed by atoms with Crippen molar-refractivity contribution in [3.05, 3.63) is 59.7 Å². The highest BCUT2D eigenvalue weighted by Gasteiger charge is 2.29. The van der Waals surface area contributed by atoms with E-state index in [0.717, 1.165) is 36.3 Å². The first kappa shape index (κ1) is 22.5. The van der Waals surface area contributed by atoms with Gasteiger partial charge in [-0.15, -0.1) is 0 Å². The fourth-order valence-electron chi connectivity index (χ4n) is 3.17. The lowest BCUT2D eigenvalue weighted by atomic mass is 10.1. The van der Waals surface area contributed by atoms with Crippen molar-refractivity contribution in [2.75, 3.05) is 11.9 Å². The summed E-state index contributed by atoms with van der Waals surface area (Å²) in [5, 5.41) is 5.83. The molecule has 1 atom stereocenters. The van der Waals surface area contributed by atoms with E-state index < -0.39 is 0 Å². The van der Waals surface area contributed by atoms with Gasteiger partial charge in [-0.05, 0) is 68.1 Å². The third-order valence-electron chi connectivity index (χ3n) is 5.23. The second-order valence-corrected chi connectivity index (χ2v) is 7.97. The molecule has 0 aromatic heterocycles. The van der Waals surface area contributed by atoms with Gasteiger partial charge in [0.2, 0.25) is 11.8 Å². The summed E-state index contributed by atoms with van der Waals surface area (Å²) in [5.41, 5.74) is 2.27. The minimum atomic E-state index is -0.189. The fourth-order valence-corrected chi connectivity index (χ4v) is 3.17. The Morgan fingerprint density at radius 3 is 2.29 bits per heavy atom. The average Bonchev–Trinajstić information content (AvgIpc) is 3.62. The van der Waals surface area contributed by atoms with Gasteiger partial charge in [-0.1, -0.05) is 19.1 Å². The van der Waals surface area contributed by atoms with Crippen LogP contribution in [0.15, 0.2) is 48.5 Å². The number of Topliss-reactive ketones (excluding diaryl/α,β-unsaturated/α-hetero) is 1. The van der Waals surface area contributed by atoms with E-state index in [9.17, 15) is 14.4 Å². The van der Waals surface area contributed by atoms with Crippen molar-refractivity contribution in [3.63, 3.8) is 0 Å². The quantitative estimate of drug-likeness (QED) is 0.516. The maximum atomic E-state index is 12.4. The predicted octanol–water partition coefficient (Wildman–Crippen LogP) is 4.66. The first-order valence-corrected chi connectivity index (χ1v) is 10.9. The van der Waals surface area contributed by atoms with Gasteiger partial charge in [0.25, 0.3) is 0 Å². The predicted molar refractivity (Wildman–Crippen MR) is 120 cm³/mol. The molecule has 0 spiro atoms. The SMILES string of the molecule is CCCOc1ccc(C(=O)CCC(=O)NC(C)c2ccc(NC(=O)C3CC3)cc2)cc1. The Labute approximate surface area is 183 Å². The van der Waals surface area contributed by atoms with E-state index in [4.69, 9.17) is 4.74 Å². The van der Waals surface area contributed by atoms with Crippen LogP contribution in [0.5, 0.6) is 5.75 Å². The standard InChI is InChI=1S/C25H30N2O4/c1-3-16-31-22-12-8-19(9-13-22)23(28)14-15-24(29)26-17(2)18-6-10-21(11-7-18)27-25(30)20-4-5-20/h6-13,17,20H,3-5,14-16H2,1-2H3,(H,26,29)(H,27,30). The Hall–Kier alpha value is -3.15. The largest absolute Gasteiger partial charge is 0.494 e. The molecule has 6 heteroatoms. The number of anilines is 1. The molecule has 0 saturated heterocycles. The van der Waals surface area contributed by atoms with Gasteiger partial charge in [0.05, 0.1) is 12.6 Å². The smallest absolute Gasteiger partial charge is 0.227 e. The van der Waals surface area contributed by atoms with Crippen molar-refractivity contribution >= 4 is 23.3 Å². The number of carbonyl (C=O) groups is 3. The monoisotopic (exact) mass is 422 g/mol. The lowest BCUT2D eigenvalue weighted by Gasteiger charge is -2.15. The summed E-state index contributed by atoms with van der Waals surface area (Å²) in [5.74, 6) is 0.730. The Morgan fingerprint density at radius 2 is 1.68 bits per heavy atom. The molecular formula is C25H30N2O4. The molecule has 1 saturated carbocycles. The second kappa shape index (κ2) is 10.8. The van der Waals surface area contributed by atoms with E-state index in [0.29, 0.717) is 12.2 Å². The van der Waals surface area contributed by atoms with E-state index in [1.54, 1.807) is 24.3 Å². The normalized spacial score (nSPS) is 13.9. The Kier molecular flexibility index (Phi) is 7.82. The van der Waals surface area contributed by atoms with Crippen molar-refractivity contribution in [1.29, 1.82) is 0 Å². The van der Waals surface area contributed by atoms with E-state index in [-0.39, 0.29) is 42.4 Å². The van der Waals surface area contributed by atoms with Crippen molar-refractivity contribution in [1.82, 2.24) is 5.32 Å². The zero-order valence-corrected chi connectivity index (χ0v) is 18.1. The molecule has 3 rings (SSSR count). The number of hydrogen-bond donors (Lipinski definition) is 2. The van der Waals surface area contributed by atoms with Crippen LogP contribution in [0.2, 0.25) is 0 Å². The molecule has 0 bridgehead atoms. The van der Waals surface area contributed by atoms with Crippen LogP contribution in [0.3, 0.4) is 0 Å². The lowest BCUT2D eigenvalue weighted by molar-refractivity contribution is -0.121. The molecule has 1 aliphatic rings. The van der Waals surface area contributed by atoms with Crippen molar-refractivity contribution in [2.24, 2.45) is 5.92 Å². The molecule has 2 N–H and O–H groups in total. The van der Waals surface area contributed by atoms with Crippen LogP contribution in [0.25, 0.3) is 0 Å². The molecule has 31 heavy (non-hydrogen) atoms. The number of hydrogen-bond acceptors (Lipinski definition) is 4. The summed E-state index contributed by atoms with van der Waals surface area (Å²) < 4.78 is 5.52. The molecule has 2 aromatic carbocycles. The average molecular weight is 423 g/mol. The summed E-state index contributed by atoms with van der Waals surface area (Å²) in [4.78, 5) is 36.5. The van der Waals surface area contributed by atoms with Gasteiger partial charge in [0.1, 0.15) is 5.75 Å². The molecule has 1 aliphatic carbocycles. The maximum Gasteiger partial charge on any atom is 0.227 e. The zero-order valence-electron chi connectivity index (χ0n) is 18.1. The van der Waals surface area contributed by atoms with E-state index in [1.807, 2.05) is 38.1 Å². The molecular weight excluding hydrogens is 392 g/mol. The first-order chi connectivity index (χ1) is 15.0. The van der Waals surface area contributed by atoms with Gasteiger partial charge in [0.15, 0.2) is 5.78 Å². The first-order valence-electron chi connectivity index (χ1n) is 10.9. The third kappa shape index (κ3) is 6.95. The number of ketones is 1. The van der Waals surface area contributed by atoms with Crippen molar-refractivity contribution in [3.8, 4) is 5.75 Å². The summed E-state index contributed by atoms with van der Waals surface area (Å²) >= 11 is 0. The van der Waals surface area contributed by atoms with E-state index >= 15 is 0 Å². The van der Waals surface area contributed by atoms with Crippen LogP contribution >= 0.6 is 0 Å². The number of amides is 2. The highest BCUT2D eigenvalue weighted by atomic mass is 16.5. The minimum Gasteiger partial charge on any atom is -0.494 e. The molecule has 0 radical (unpaired) electrons. The molecule has 6 nitrogen and oxygen atoms in total. The van der Waals surface area contributed by atoms with Crippen molar-refractivity contribution < 1.29 is 19.1 Å². The van der Waals surface area contributed by atoms with Crippen LogP contribution in [-0.4, -0.2) is 24.2 Å². The molecule has 1 unspecified atom stereocenters. The second-order valence-electron chi connectivity index (χ2n) is 7.97. The van der Waals surface area contributed by atoms with Crippen LogP contribution in [0, 0.1) is 5.92 Å². The van der Waals surface area contributed by atoms with Gasteiger partial charge in [-0.3, -0.25) is 14.4 Å². The van der Waals surface area contributed by atoms with Crippen LogP contribution in [0.1, 0.15) is 67.9 Å². The van der Waals surface area contributed by atoms with E-state index in [2.05, 4.69) is 10.6 Å². The number of carbonyl (C=O) groups excluding carboxylic acids is 3. The summed E-state index contributed by atoms with van der Waals surface area (Å²) in [7, 11) is 0. The van der Waals surface area contributed by atoms with Gasteiger partial charge in [-0.25, -0.2) is 0 Å². The molecule has 0 aliphatic heterocycles. The minimum absolute atomic E-state index is 0.0689. The Bertz CT molecular complexity index is 902. The highest BCUT2D eigenvalue weighted by Crippen LogP contribution is 2.30. The molecule has 0 heterocycles. The molecule has 164 valence electrons. The number of nitrogens with one attached hydrogen (secondary N) is 2. The fraction of sp³-hybridized carbons (Fsp3) is 0.400. The molecule has 1 fully saturated rings. The lowest BCUT2D eigenvalue weighted by Crippen LogP contribution is -2.27. The summed E-state index contributed by atoms with van der Waals surface area (Å²) in [6.07, 6.45) is 3.14. The summed E-state index contributed by atoms with van der Waals surface area (Å²) in [6.45, 7) is 4.57. The van der Waals surface area contributed by atoms with Crippen molar-refractivity contribution in [2.45, 2.75) is 52.0 Å². The van der Waals surface area contributed by atoms with Gasteiger partial charge < -0.3 is 15.4 Å². The third-order valence-corrected chi connectivity index (χ3v) is 5.23. The summed E-state index contributed by atoms with van der Waals surface area (Å²) in [6, 6.07) is 14.3. The topological polar surface area (TPSA) is 84.5 Å². The maximum absolute atomic E-state index is 12.4. The number of benzene rings is 2. The van der Waals surface area contributed by atoms with Gasteiger partial charge >= 0.3 is 0 Å². The Balaban J connectivity index is 1.43. The zero-order chi connectivity index (χ0) is 22.2. The molecule has 2 aromatic rings. The Morgan fingerprint density at radius 1 is 1.00 bits per heavy atom. The van der Waals surface area contributed by atoms with Gasteiger partial charge in [0, 0.05) is 30.0 Å². The highest BCUT2D eigenvalue weighted by molar-refractivity contribution is 5.98. The number of rotatable bonds is 11. The number of ether oxygens (including phenoxy) is 1. The van der Waals surface area contributed by atoms with Gasteiger partial charge in [-0.2, -0.15) is 0 Å². The van der Waals surface area contributed by atoms with Crippen LogP contribution in [-0.2, 0) is 9.59 Å². The van der Waals surface area contributed by atoms with Crippen LogP contribution in [0.4, 0.5) is 5.69 Å². The van der Waals surface area contributed by atoms with Crippen LogP contribution < -0.4 is 15.4 Å². The van der Waals surface area contributed by atoms with E-state index in [1.165, 1.54) is 0 Å². The molecule has 2 amide bonds.